The fourth-order valence-corrected chi connectivity index (χ4v) is 6.99. The number of carbonyl (C=O) groups is 2. The lowest BCUT2D eigenvalue weighted by Gasteiger charge is -2.49. The van der Waals surface area contributed by atoms with E-state index >= 15 is 0 Å². The summed E-state index contributed by atoms with van der Waals surface area (Å²) in [5.74, 6) is -0.482. The van der Waals surface area contributed by atoms with Crippen molar-refractivity contribution in [3.8, 4) is 5.75 Å². The van der Waals surface area contributed by atoms with Crippen LogP contribution in [0, 0.1) is 0 Å². The van der Waals surface area contributed by atoms with Crippen LogP contribution in [0.3, 0.4) is 0 Å². The lowest BCUT2D eigenvalue weighted by Crippen LogP contribution is -2.59. The van der Waals surface area contributed by atoms with E-state index < -0.39 is 34.1 Å². The van der Waals surface area contributed by atoms with Crippen molar-refractivity contribution in [1.82, 2.24) is 14.9 Å². The molecule has 0 radical (unpaired) electrons. The van der Waals surface area contributed by atoms with Gasteiger partial charge in [0.1, 0.15) is 12.4 Å². The van der Waals surface area contributed by atoms with Crippen LogP contribution in [0.15, 0.2) is 78.9 Å². The number of rotatable bonds is 9. The van der Waals surface area contributed by atoms with E-state index in [1.165, 1.54) is 0 Å². The number of benzene rings is 3. The van der Waals surface area contributed by atoms with E-state index in [1.54, 1.807) is 29.2 Å². The Morgan fingerprint density at radius 1 is 0.976 bits per heavy atom. The smallest absolute Gasteiger partial charge is 0.255 e. The molecule has 2 N–H and O–H groups in total. The molecule has 3 aromatic carbocycles. The van der Waals surface area contributed by atoms with Crippen LogP contribution in [0.5, 0.6) is 5.75 Å². The molecule has 1 fully saturated rings. The molecule has 0 aromatic heterocycles. The summed E-state index contributed by atoms with van der Waals surface area (Å²) in [6.45, 7) is 0.552. The van der Waals surface area contributed by atoms with Crippen LogP contribution in [0.4, 0.5) is 0 Å². The predicted octanol–water partition coefficient (Wildman–Crippen LogP) is 4.68. The molecule has 216 valence electrons. The van der Waals surface area contributed by atoms with Crippen LogP contribution in [0.25, 0.3) is 0 Å². The monoisotopic (exact) mass is 595 g/mol. The average Bonchev–Trinajstić information content (AvgIpc) is 2.96. The quantitative estimate of drug-likeness (QED) is 0.350. The minimum absolute atomic E-state index is 0.218. The first-order valence-corrected chi connectivity index (χ1v) is 16.1. The summed E-state index contributed by atoms with van der Waals surface area (Å²) >= 11 is 6.22. The first kappa shape index (κ1) is 29.1. The molecular weight excluding hydrogens is 562 g/mol. The zero-order valence-corrected chi connectivity index (χ0v) is 24.4. The van der Waals surface area contributed by atoms with Gasteiger partial charge in [-0.15, -0.1) is 0 Å². The van der Waals surface area contributed by atoms with Gasteiger partial charge in [-0.1, -0.05) is 73.0 Å². The standard InChI is InChI=1S/C31H34ClN3O5S/c1-41(38,39)34-26-13-7-8-14-27(26)35-29(21-15-17-22(32)18-16-21)28(24-11-5-6-12-25(24)31(35)37)30(36)33-19-20-40-23-9-3-2-4-10-23/h2-6,9-12,15-18,26-29,34H,7-8,13-14,19-20H2,1H3,(H,33,36)/t26-,27?,28+,29-/m0/s1. The molecule has 41 heavy (non-hydrogen) atoms. The first-order valence-electron chi connectivity index (χ1n) is 13.8. The van der Waals surface area contributed by atoms with Crippen LogP contribution < -0.4 is 14.8 Å². The van der Waals surface area contributed by atoms with Crippen molar-refractivity contribution >= 4 is 33.4 Å². The topological polar surface area (TPSA) is 105 Å². The number of hydrogen-bond acceptors (Lipinski definition) is 5. The molecule has 4 atom stereocenters. The summed E-state index contributed by atoms with van der Waals surface area (Å²) in [7, 11) is -3.53. The summed E-state index contributed by atoms with van der Waals surface area (Å²) in [6.07, 6.45) is 4.05. The number of carbonyl (C=O) groups excluding carboxylic acids is 2. The zero-order valence-electron chi connectivity index (χ0n) is 22.8. The highest BCUT2D eigenvalue weighted by atomic mass is 35.5. The van der Waals surface area contributed by atoms with Gasteiger partial charge >= 0.3 is 0 Å². The second-order valence-electron chi connectivity index (χ2n) is 10.6. The maximum Gasteiger partial charge on any atom is 0.255 e. The number of nitrogens with one attached hydrogen (secondary N) is 2. The zero-order chi connectivity index (χ0) is 29.0. The maximum atomic E-state index is 14.2. The molecule has 1 saturated carbocycles. The molecule has 1 heterocycles. The largest absolute Gasteiger partial charge is 0.492 e. The van der Waals surface area contributed by atoms with Crippen LogP contribution >= 0.6 is 11.6 Å². The summed E-state index contributed by atoms with van der Waals surface area (Å²) in [5.41, 5.74) is 1.84. The number of para-hydroxylation sites is 1. The van der Waals surface area contributed by atoms with Crippen LogP contribution in [0.2, 0.25) is 5.02 Å². The number of hydrogen-bond donors (Lipinski definition) is 2. The fourth-order valence-electron chi connectivity index (χ4n) is 6.04. The third-order valence-corrected chi connectivity index (χ3v) is 8.72. The van der Waals surface area contributed by atoms with E-state index in [4.69, 9.17) is 16.3 Å². The van der Waals surface area contributed by atoms with Gasteiger partial charge in [0.2, 0.25) is 15.9 Å². The average molecular weight is 596 g/mol. The van der Waals surface area contributed by atoms with Crippen molar-refractivity contribution in [2.75, 3.05) is 19.4 Å². The van der Waals surface area contributed by atoms with E-state index in [9.17, 15) is 18.0 Å². The van der Waals surface area contributed by atoms with Gasteiger partial charge in [0.05, 0.1) is 24.8 Å². The minimum atomic E-state index is -3.53. The lowest BCUT2D eigenvalue weighted by molar-refractivity contribution is -0.124. The first-order chi connectivity index (χ1) is 19.7. The highest BCUT2D eigenvalue weighted by Crippen LogP contribution is 2.46. The Kier molecular flexibility index (Phi) is 8.97. The molecule has 1 aliphatic heterocycles. The van der Waals surface area contributed by atoms with Crippen LogP contribution in [-0.4, -0.2) is 56.6 Å². The Morgan fingerprint density at radius 3 is 2.39 bits per heavy atom. The second-order valence-corrected chi connectivity index (χ2v) is 12.8. The summed E-state index contributed by atoms with van der Waals surface area (Å²) < 4.78 is 33.2. The minimum Gasteiger partial charge on any atom is -0.492 e. The predicted molar refractivity (Wildman–Crippen MR) is 159 cm³/mol. The molecule has 0 bridgehead atoms. The van der Waals surface area contributed by atoms with Gasteiger partial charge in [0, 0.05) is 22.7 Å². The van der Waals surface area contributed by atoms with Crippen molar-refractivity contribution in [2.45, 2.75) is 49.7 Å². The molecule has 1 unspecified atom stereocenters. The molecule has 1 aliphatic carbocycles. The van der Waals surface area contributed by atoms with Crippen molar-refractivity contribution in [2.24, 2.45) is 0 Å². The van der Waals surface area contributed by atoms with Crippen LogP contribution in [0.1, 0.15) is 59.1 Å². The van der Waals surface area contributed by atoms with Gasteiger partial charge in [-0.3, -0.25) is 9.59 Å². The van der Waals surface area contributed by atoms with E-state index in [0.717, 1.165) is 24.7 Å². The highest BCUT2D eigenvalue weighted by Gasteiger charge is 2.48. The van der Waals surface area contributed by atoms with Gasteiger partial charge in [-0.2, -0.15) is 0 Å². The Hall–Kier alpha value is -3.40. The summed E-state index contributed by atoms with van der Waals surface area (Å²) in [5, 5.41) is 3.56. The number of ether oxygens (including phenoxy) is 1. The van der Waals surface area contributed by atoms with E-state index in [2.05, 4.69) is 10.0 Å². The fraction of sp³-hybridized carbons (Fsp3) is 0.355. The number of sulfonamides is 1. The SMILES string of the molecule is CS(=O)(=O)N[C@H]1CCCCC1N1C(=O)c2ccccc2[C@@H](C(=O)NCCOc2ccccc2)[C@@H]1c1ccc(Cl)cc1. The molecule has 0 spiro atoms. The van der Waals surface area contributed by atoms with Gasteiger partial charge < -0.3 is 15.0 Å². The Morgan fingerprint density at radius 2 is 1.66 bits per heavy atom. The second kappa shape index (κ2) is 12.6. The number of nitrogens with zero attached hydrogens (tertiary/aromatic N) is 1. The molecule has 10 heteroatoms. The van der Waals surface area contributed by atoms with Gasteiger partial charge in [-0.25, -0.2) is 13.1 Å². The van der Waals surface area contributed by atoms with Crippen molar-refractivity contribution in [3.63, 3.8) is 0 Å². The molecule has 3 aromatic rings. The highest BCUT2D eigenvalue weighted by molar-refractivity contribution is 7.88. The number of fused-ring (bicyclic) bond motifs is 1. The molecule has 0 saturated heterocycles. The third-order valence-electron chi connectivity index (χ3n) is 7.74. The number of halogens is 1. The normalized spacial score (nSPS) is 22.6. The Labute approximate surface area is 246 Å². The van der Waals surface area contributed by atoms with Gasteiger partial charge in [0.25, 0.3) is 5.91 Å². The number of amides is 2. The van der Waals surface area contributed by atoms with Crippen LogP contribution in [-0.2, 0) is 14.8 Å². The van der Waals surface area contributed by atoms with Crippen molar-refractivity contribution < 1.29 is 22.7 Å². The van der Waals surface area contributed by atoms with E-state index in [0.29, 0.717) is 34.7 Å². The van der Waals surface area contributed by atoms with Crippen molar-refractivity contribution in [3.05, 3.63) is 101 Å². The van der Waals surface area contributed by atoms with E-state index in [-0.39, 0.29) is 25.0 Å². The Balaban J connectivity index is 1.52. The molecular formula is C31H34ClN3O5S. The van der Waals surface area contributed by atoms with Gasteiger partial charge in [-0.05, 0) is 54.3 Å². The third kappa shape index (κ3) is 6.74. The van der Waals surface area contributed by atoms with Crippen molar-refractivity contribution in [1.29, 1.82) is 0 Å². The van der Waals surface area contributed by atoms with Gasteiger partial charge in [0.15, 0.2) is 0 Å². The van der Waals surface area contributed by atoms with E-state index in [1.807, 2.05) is 54.6 Å². The summed E-state index contributed by atoms with van der Waals surface area (Å²) in [4.78, 5) is 30.0. The lowest BCUT2D eigenvalue weighted by atomic mass is 9.76. The maximum absolute atomic E-state index is 14.2. The molecule has 8 nitrogen and oxygen atoms in total. The molecule has 2 aliphatic rings. The molecule has 2 amide bonds. The Bertz CT molecular complexity index is 1480. The summed E-state index contributed by atoms with van der Waals surface area (Å²) in [6, 6.07) is 22.1. The molecule has 5 rings (SSSR count).